The number of hydrogen-bond acceptors (Lipinski definition) is 5. The van der Waals surface area contributed by atoms with Gasteiger partial charge in [-0.2, -0.15) is 0 Å². The molecule has 26 heavy (non-hydrogen) atoms. The van der Waals surface area contributed by atoms with Crippen molar-refractivity contribution in [3.8, 4) is 0 Å². The van der Waals surface area contributed by atoms with Crippen LogP contribution in [0.2, 0.25) is 0 Å². The molecule has 0 fully saturated rings. The molecule has 0 aliphatic carbocycles. The Kier molecular flexibility index (Phi) is 5.43. The lowest BCUT2D eigenvalue weighted by Gasteiger charge is -2.03. The first-order valence-corrected chi connectivity index (χ1v) is 9.30. The van der Waals surface area contributed by atoms with Crippen molar-refractivity contribution in [2.24, 2.45) is 0 Å². The molecule has 0 atom stereocenters. The zero-order chi connectivity index (χ0) is 18.7. The Hall–Kier alpha value is -2.58. The third kappa shape index (κ3) is 4.14. The van der Waals surface area contributed by atoms with Gasteiger partial charge >= 0.3 is 0 Å². The lowest BCUT2D eigenvalue weighted by molar-refractivity contribution is -0.384. The maximum Gasteiger partial charge on any atom is 0.269 e. The molecule has 0 saturated carbocycles. The molecule has 0 unspecified atom stereocenters. The Morgan fingerprint density at radius 1 is 1.27 bits per heavy atom. The maximum absolute atomic E-state index is 12.4. The van der Waals surface area contributed by atoms with Gasteiger partial charge in [-0.1, -0.05) is 24.3 Å². The average molecular weight is 432 g/mol. The van der Waals surface area contributed by atoms with Gasteiger partial charge in [0.2, 0.25) is 0 Å². The number of nitro groups is 1. The van der Waals surface area contributed by atoms with Crippen molar-refractivity contribution in [2.75, 3.05) is 5.32 Å². The van der Waals surface area contributed by atoms with Crippen LogP contribution in [0.15, 0.2) is 53.0 Å². The predicted molar refractivity (Wildman–Crippen MR) is 105 cm³/mol. The van der Waals surface area contributed by atoms with Crippen molar-refractivity contribution in [3.63, 3.8) is 0 Å². The summed E-state index contributed by atoms with van der Waals surface area (Å²) < 4.78 is 0.711. The molecule has 0 aliphatic rings. The summed E-state index contributed by atoms with van der Waals surface area (Å²) in [5, 5.41) is 14.2. The highest BCUT2D eigenvalue weighted by Gasteiger charge is 2.15. The fraction of sp³-hybridized carbons (Fsp3) is 0.111. The van der Waals surface area contributed by atoms with Crippen LogP contribution >= 0.6 is 27.3 Å². The number of anilines is 1. The van der Waals surface area contributed by atoms with E-state index < -0.39 is 4.92 Å². The zero-order valence-corrected chi connectivity index (χ0v) is 16.1. The number of thiazole rings is 1. The van der Waals surface area contributed by atoms with Crippen LogP contribution in [0.3, 0.4) is 0 Å². The second kappa shape index (κ2) is 7.76. The number of aryl methyl sites for hydroxylation is 1. The van der Waals surface area contributed by atoms with Crippen LogP contribution < -0.4 is 5.32 Å². The minimum atomic E-state index is -0.410. The second-order valence-corrected chi connectivity index (χ2v) is 7.50. The molecule has 1 amide bonds. The van der Waals surface area contributed by atoms with Gasteiger partial charge in [0.05, 0.1) is 16.2 Å². The topological polar surface area (TPSA) is 85.1 Å². The fourth-order valence-electron chi connectivity index (χ4n) is 2.42. The maximum atomic E-state index is 12.4. The average Bonchev–Trinajstić information content (AvgIpc) is 2.94. The summed E-state index contributed by atoms with van der Waals surface area (Å²) in [6.45, 7) is 1.86. The lowest BCUT2D eigenvalue weighted by atomic mass is 10.1. The van der Waals surface area contributed by atoms with Crippen LogP contribution in [0, 0.1) is 17.0 Å². The van der Waals surface area contributed by atoms with Crippen molar-refractivity contribution in [1.29, 1.82) is 0 Å². The monoisotopic (exact) mass is 431 g/mol. The molecular weight excluding hydrogens is 418 g/mol. The molecular formula is C18H14BrN3O3S. The van der Waals surface area contributed by atoms with E-state index >= 15 is 0 Å². The minimum absolute atomic E-state index is 0.0622. The summed E-state index contributed by atoms with van der Waals surface area (Å²) in [6, 6.07) is 13.7. The van der Waals surface area contributed by atoms with Gasteiger partial charge < -0.3 is 0 Å². The first-order chi connectivity index (χ1) is 12.4. The van der Waals surface area contributed by atoms with Crippen molar-refractivity contribution in [3.05, 3.63) is 84.8 Å². The number of nitro benzene ring substituents is 1. The standard InChI is InChI=1S/C18H14BrN3O3S/c1-11-16(10-12-5-4-6-13(9-12)22(24)25)26-18(20-11)21-17(23)14-7-2-3-8-15(14)19/h2-9H,10H2,1H3,(H,20,21,23). The lowest BCUT2D eigenvalue weighted by Crippen LogP contribution is -2.12. The van der Waals surface area contributed by atoms with Gasteiger partial charge in [-0.25, -0.2) is 4.98 Å². The van der Waals surface area contributed by atoms with Crippen molar-refractivity contribution < 1.29 is 9.72 Å². The Balaban J connectivity index is 1.77. The number of rotatable bonds is 5. The Morgan fingerprint density at radius 2 is 2.04 bits per heavy atom. The summed E-state index contributed by atoms with van der Waals surface area (Å²) >= 11 is 4.73. The third-order valence-electron chi connectivity index (χ3n) is 3.72. The van der Waals surface area contributed by atoms with E-state index in [9.17, 15) is 14.9 Å². The van der Waals surface area contributed by atoms with E-state index in [0.29, 0.717) is 21.6 Å². The molecule has 1 heterocycles. The van der Waals surface area contributed by atoms with Crippen molar-refractivity contribution in [2.45, 2.75) is 13.3 Å². The normalized spacial score (nSPS) is 10.5. The fourth-order valence-corrected chi connectivity index (χ4v) is 3.88. The van der Waals surface area contributed by atoms with E-state index in [0.717, 1.165) is 16.1 Å². The molecule has 1 aromatic heterocycles. The third-order valence-corrected chi connectivity index (χ3v) is 5.48. The summed E-state index contributed by atoms with van der Waals surface area (Å²) in [7, 11) is 0. The van der Waals surface area contributed by atoms with Crippen molar-refractivity contribution >= 4 is 44.0 Å². The Bertz CT molecular complexity index is 987. The summed E-state index contributed by atoms with van der Waals surface area (Å²) in [6.07, 6.45) is 0.524. The van der Waals surface area contributed by atoms with E-state index in [1.807, 2.05) is 19.1 Å². The minimum Gasteiger partial charge on any atom is -0.298 e. The molecule has 0 aliphatic heterocycles. The van der Waals surface area contributed by atoms with Gasteiger partial charge in [0.15, 0.2) is 5.13 Å². The number of halogens is 1. The molecule has 132 valence electrons. The molecule has 1 N–H and O–H groups in total. The number of nitrogens with zero attached hydrogens (tertiary/aromatic N) is 2. The largest absolute Gasteiger partial charge is 0.298 e. The van der Waals surface area contributed by atoms with Crippen LogP contribution in [0.1, 0.15) is 26.5 Å². The first kappa shape index (κ1) is 18.2. The number of non-ortho nitro benzene ring substituents is 1. The zero-order valence-electron chi connectivity index (χ0n) is 13.7. The van der Waals surface area contributed by atoms with Gasteiger partial charge in [-0.05, 0) is 40.5 Å². The van der Waals surface area contributed by atoms with E-state index in [4.69, 9.17) is 0 Å². The van der Waals surface area contributed by atoms with Crippen molar-refractivity contribution in [1.82, 2.24) is 4.98 Å². The second-order valence-electron chi connectivity index (χ2n) is 5.57. The SMILES string of the molecule is Cc1nc(NC(=O)c2ccccc2Br)sc1Cc1cccc([N+](=O)[O-])c1. The predicted octanol–water partition coefficient (Wildman–Crippen LogP) is 4.97. The van der Waals surface area contributed by atoms with Crippen LogP contribution in [-0.2, 0) is 6.42 Å². The van der Waals surface area contributed by atoms with Gasteiger partial charge in [-0.15, -0.1) is 11.3 Å². The van der Waals surface area contributed by atoms with Crippen LogP contribution in [-0.4, -0.2) is 15.8 Å². The Labute approximate surface area is 162 Å². The van der Waals surface area contributed by atoms with Gasteiger partial charge in [0.25, 0.3) is 11.6 Å². The Morgan fingerprint density at radius 3 is 2.77 bits per heavy atom. The van der Waals surface area contributed by atoms with E-state index in [1.54, 1.807) is 30.3 Å². The molecule has 0 spiro atoms. The van der Waals surface area contributed by atoms with Crippen LogP contribution in [0.25, 0.3) is 0 Å². The number of benzene rings is 2. The summed E-state index contributed by atoms with van der Waals surface area (Å²) in [5.74, 6) is -0.242. The summed E-state index contributed by atoms with van der Waals surface area (Å²) in [4.78, 5) is 28.2. The quantitative estimate of drug-likeness (QED) is 0.456. The molecule has 0 saturated heterocycles. The van der Waals surface area contributed by atoms with E-state index in [-0.39, 0.29) is 11.6 Å². The molecule has 3 aromatic rings. The molecule has 3 rings (SSSR count). The molecule has 6 nitrogen and oxygen atoms in total. The van der Waals surface area contributed by atoms with E-state index in [1.165, 1.54) is 17.4 Å². The number of nitrogens with one attached hydrogen (secondary N) is 1. The highest BCUT2D eigenvalue weighted by atomic mass is 79.9. The number of carbonyl (C=O) groups is 1. The van der Waals surface area contributed by atoms with Gasteiger partial charge in [-0.3, -0.25) is 20.2 Å². The number of aromatic nitrogens is 1. The first-order valence-electron chi connectivity index (χ1n) is 7.69. The van der Waals surface area contributed by atoms with Gasteiger partial charge in [0, 0.05) is 27.9 Å². The highest BCUT2D eigenvalue weighted by molar-refractivity contribution is 9.10. The molecule has 0 radical (unpaired) electrons. The van der Waals surface area contributed by atoms with E-state index in [2.05, 4.69) is 26.2 Å². The number of hydrogen-bond donors (Lipinski definition) is 1. The summed E-state index contributed by atoms with van der Waals surface area (Å²) in [5.41, 5.74) is 2.21. The van der Waals surface area contributed by atoms with Gasteiger partial charge in [0.1, 0.15) is 0 Å². The smallest absolute Gasteiger partial charge is 0.269 e. The molecule has 2 aromatic carbocycles. The van der Waals surface area contributed by atoms with Crippen LogP contribution in [0.5, 0.6) is 0 Å². The number of carbonyl (C=O) groups excluding carboxylic acids is 1. The molecule has 0 bridgehead atoms. The molecule has 8 heteroatoms. The van der Waals surface area contributed by atoms with Crippen LogP contribution in [0.4, 0.5) is 10.8 Å². The highest BCUT2D eigenvalue weighted by Crippen LogP contribution is 2.27. The number of amides is 1.